The van der Waals surface area contributed by atoms with E-state index in [0.29, 0.717) is 6.04 Å². The molecule has 0 bridgehead atoms. The van der Waals surface area contributed by atoms with E-state index in [4.69, 9.17) is 11.6 Å². The number of anilines is 1. The Bertz CT molecular complexity index is 752. The van der Waals surface area contributed by atoms with Crippen LogP contribution in [0.2, 0.25) is 5.02 Å². The number of piperidine rings is 1. The zero-order chi connectivity index (χ0) is 19.2. The van der Waals surface area contributed by atoms with Crippen molar-refractivity contribution in [2.24, 2.45) is 0 Å². The predicted molar refractivity (Wildman–Crippen MR) is 113 cm³/mol. The second-order valence-corrected chi connectivity index (χ2v) is 7.78. The van der Waals surface area contributed by atoms with Gasteiger partial charge in [0.1, 0.15) is 0 Å². The zero-order valence-electron chi connectivity index (χ0n) is 16.1. The zero-order valence-corrected chi connectivity index (χ0v) is 16.9. The third kappa shape index (κ3) is 5.47. The molecular weight excluding hydrogens is 358 g/mol. The maximum atomic E-state index is 12.0. The van der Waals surface area contributed by atoms with Gasteiger partial charge in [0.05, 0.1) is 0 Å². The fraction of sp³-hybridized carbons (Fsp3) is 0.409. The minimum absolute atomic E-state index is 0.0455. The summed E-state index contributed by atoms with van der Waals surface area (Å²) in [6.45, 7) is 3.05. The molecule has 1 aliphatic heterocycles. The summed E-state index contributed by atoms with van der Waals surface area (Å²) in [5.41, 5.74) is 3.21. The molecule has 1 heterocycles. The number of nitrogens with zero attached hydrogens (tertiary/aromatic N) is 2. The Hall–Kier alpha value is -2.04. The van der Waals surface area contributed by atoms with Crippen LogP contribution in [0.4, 0.5) is 5.69 Å². The molecule has 0 aliphatic carbocycles. The highest BCUT2D eigenvalue weighted by atomic mass is 35.5. The molecule has 1 amide bonds. The van der Waals surface area contributed by atoms with E-state index < -0.39 is 0 Å². The third-order valence-corrected chi connectivity index (χ3v) is 5.35. The summed E-state index contributed by atoms with van der Waals surface area (Å²) in [7, 11) is 3.56. The van der Waals surface area contributed by atoms with Gasteiger partial charge in [0.15, 0.2) is 0 Å². The van der Waals surface area contributed by atoms with E-state index in [1.54, 1.807) is 19.0 Å². The Labute approximate surface area is 167 Å². The van der Waals surface area contributed by atoms with Gasteiger partial charge in [-0.05, 0) is 67.8 Å². The molecule has 4 nitrogen and oxygen atoms in total. The number of hydrogen-bond acceptors (Lipinski definition) is 3. The van der Waals surface area contributed by atoms with Gasteiger partial charge < -0.3 is 15.1 Å². The highest BCUT2D eigenvalue weighted by Crippen LogP contribution is 2.21. The van der Waals surface area contributed by atoms with Gasteiger partial charge in [-0.15, -0.1) is 0 Å². The summed E-state index contributed by atoms with van der Waals surface area (Å²) < 4.78 is 0. The standard InChI is InChI=1S/C22H28ClN3O/c1-25(2)22(27)18-6-8-21(9-7-18)26-14-11-20(12-15-26)24-13-10-17-4-3-5-19(23)16-17/h3-9,16,20,24H,10-15H2,1-2H3. The molecule has 0 radical (unpaired) electrons. The van der Waals surface area contributed by atoms with Crippen molar-refractivity contribution < 1.29 is 4.79 Å². The maximum Gasteiger partial charge on any atom is 0.253 e. The monoisotopic (exact) mass is 385 g/mol. The van der Waals surface area contributed by atoms with E-state index in [2.05, 4.69) is 28.4 Å². The number of carbonyl (C=O) groups is 1. The van der Waals surface area contributed by atoms with Gasteiger partial charge in [-0.1, -0.05) is 23.7 Å². The molecule has 0 spiro atoms. The summed E-state index contributed by atoms with van der Waals surface area (Å²) in [4.78, 5) is 16.0. The van der Waals surface area contributed by atoms with Gasteiger partial charge in [-0.3, -0.25) is 4.79 Å². The number of rotatable bonds is 6. The molecule has 1 aliphatic rings. The van der Waals surface area contributed by atoms with Crippen molar-refractivity contribution in [3.8, 4) is 0 Å². The number of hydrogen-bond donors (Lipinski definition) is 1. The van der Waals surface area contributed by atoms with E-state index in [1.807, 2.05) is 30.3 Å². The van der Waals surface area contributed by atoms with Crippen molar-refractivity contribution >= 4 is 23.2 Å². The van der Waals surface area contributed by atoms with Crippen LogP contribution >= 0.6 is 11.6 Å². The van der Waals surface area contributed by atoms with Crippen molar-refractivity contribution in [3.05, 3.63) is 64.7 Å². The summed E-state index contributed by atoms with van der Waals surface area (Å²) in [5.74, 6) is 0.0455. The highest BCUT2D eigenvalue weighted by molar-refractivity contribution is 6.30. The average Bonchev–Trinajstić information content (AvgIpc) is 2.68. The second kappa shape index (κ2) is 9.25. The molecule has 0 saturated carbocycles. The largest absolute Gasteiger partial charge is 0.371 e. The molecule has 1 saturated heterocycles. The minimum atomic E-state index is 0.0455. The van der Waals surface area contributed by atoms with Crippen LogP contribution in [0.5, 0.6) is 0 Å². The Morgan fingerprint density at radius 1 is 1.15 bits per heavy atom. The van der Waals surface area contributed by atoms with Crippen LogP contribution in [-0.4, -0.2) is 50.6 Å². The molecule has 2 aromatic rings. The van der Waals surface area contributed by atoms with Gasteiger partial charge in [-0.2, -0.15) is 0 Å². The SMILES string of the molecule is CN(C)C(=O)c1ccc(N2CCC(NCCc3cccc(Cl)c3)CC2)cc1. The summed E-state index contributed by atoms with van der Waals surface area (Å²) in [6, 6.07) is 16.6. The van der Waals surface area contributed by atoms with Crippen molar-refractivity contribution in [3.63, 3.8) is 0 Å². The molecule has 3 rings (SSSR count). The van der Waals surface area contributed by atoms with Crippen LogP contribution in [-0.2, 0) is 6.42 Å². The number of amides is 1. The Kier molecular flexibility index (Phi) is 6.75. The van der Waals surface area contributed by atoms with Crippen LogP contribution in [0, 0.1) is 0 Å². The second-order valence-electron chi connectivity index (χ2n) is 7.34. The Balaban J connectivity index is 1.44. The number of carbonyl (C=O) groups excluding carboxylic acids is 1. The van der Waals surface area contributed by atoms with Crippen LogP contribution in [0.25, 0.3) is 0 Å². The first-order chi connectivity index (χ1) is 13.0. The summed E-state index contributed by atoms with van der Waals surface area (Å²) in [6.07, 6.45) is 3.27. The first-order valence-electron chi connectivity index (χ1n) is 9.57. The van der Waals surface area contributed by atoms with E-state index in [9.17, 15) is 4.79 Å². The van der Waals surface area contributed by atoms with E-state index in [-0.39, 0.29) is 5.91 Å². The van der Waals surface area contributed by atoms with Gasteiger partial charge in [0, 0.05) is 49.5 Å². The molecule has 1 fully saturated rings. The van der Waals surface area contributed by atoms with Crippen molar-refractivity contribution in [2.45, 2.75) is 25.3 Å². The number of nitrogens with one attached hydrogen (secondary N) is 1. The van der Waals surface area contributed by atoms with Crippen LogP contribution < -0.4 is 10.2 Å². The van der Waals surface area contributed by atoms with Gasteiger partial charge in [-0.25, -0.2) is 0 Å². The quantitative estimate of drug-likeness (QED) is 0.820. The van der Waals surface area contributed by atoms with Crippen LogP contribution in [0.1, 0.15) is 28.8 Å². The lowest BCUT2D eigenvalue weighted by Crippen LogP contribution is -2.43. The van der Waals surface area contributed by atoms with E-state index in [0.717, 1.165) is 49.5 Å². The van der Waals surface area contributed by atoms with Gasteiger partial charge >= 0.3 is 0 Å². The molecule has 5 heteroatoms. The Morgan fingerprint density at radius 3 is 2.48 bits per heavy atom. The molecule has 0 aromatic heterocycles. The van der Waals surface area contributed by atoms with Crippen molar-refractivity contribution in [1.82, 2.24) is 10.2 Å². The predicted octanol–water partition coefficient (Wildman–Crippen LogP) is 3.84. The topological polar surface area (TPSA) is 35.6 Å². The molecular formula is C22H28ClN3O. The first-order valence-corrected chi connectivity index (χ1v) is 9.95. The lowest BCUT2D eigenvalue weighted by atomic mass is 10.0. The minimum Gasteiger partial charge on any atom is -0.371 e. The van der Waals surface area contributed by atoms with Crippen LogP contribution in [0.15, 0.2) is 48.5 Å². The fourth-order valence-electron chi connectivity index (χ4n) is 3.53. The van der Waals surface area contributed by atoms with E-state index in [1.165, 1.54) is 11.3 Å². The molecule has 2 aromatic carbocycles. The normalized spacial score (nSPS) is 15.0. The van der Waals surface area contributed by atoms with E-state index >= 15 is 0 Å². The smallest absolute Gasteiger partial charge is 0.253 e. The lowest BCUT2D eigenvalue weighted by molar-refractivity contribution is 0.0827. The average molecular weight is 386 g/mol. The van der Waals surface area contributed by atoms with Gasteiger partial charge in [0.2, 0.25) is 0 Å². The molecule has 27 heavy (non-hydrogen) atoms. The molecule has 144 valence electrons. The summed E-state index contributed by atoms with van der Waals surface area (Å²) in [5, 5.41) is 4.48. The molecule has 0 atom stereocenters. The third-order valence-electron chi connectivity index (χ3n) is 5.12. The number of benzene rings is 2. The number of halogens is 1. The summed E-state index contributed by atoms with van der Waals surface area (Å²) >= 11 is 6.04. The maximum absolute atomic E-state index is 12.0. The Morgan fingerprint density at radius 2 is 1.85 bits per heavy atom. The molecule has 0 unspecified atom stereocenters. The van der Waals surface area contributed by atoms with Crippen LogP contribution in [0.3, 0.4) is 0 Å². The van der Waals surface area contributed by atoms with Gasteiger partial charge in [0.25, 0.3) is 5.91 Å². The highest BCUT2D eigenvalue weighted by Gasteiger charge is 2.19. The van der Waals surface area contributed by atoms with Crippen molar-refractivity contribution in [2.75, 3.05) is 38.6 Å². The lowest BCUT2D eigenvalue weighted by Gasteiger charge is -2.34. The van der Waals surface area contributed by atoms with Crippen molar-refractivity contribution in [1.29, 1.82) is 0 Å². The molecule has 1 N–H and O–H groups in total. The first kappa shape index (κ1) is 19.7. The fourth-order valence-corrected chi connectivity index (χ4v) is 3.74.